The second-order valence-electron chi connectivity index (χ2n) is 4.07. The lowest BCUT2D eigenvalue weighted by Crippen LogP contribution is -2.15. The number of pyridine rings is 2. The number of hydrogen-bond donors (Lipinski definition) is 2. The molecule has 0 aliphatic heterocycles. The summed E-state index contributed by atoms with van der Waals surface area (Å²) in [7, 11) is 0. The van der Waals surface area contributed by atoms with Crippen molar-refractivity contribution >= 4 is 5.84 Å². The van der Waals surface area contributed by atoms with Crippen LogP contribution in [-0.4, -0.2) is 22.4 Å². The van der Waals surface area contributed by atoms with Crippen molar-refractivity contribution in [3.8, 4) is 5.75 Å². The highest BCUT2D eigenvalue weighted by Crippen LogP contribution is 2.15. The van der Waals surface area contributed by atoms with Crippen LogP contribution < -0.4 is 10.5 Å². The first-order valence-electron chi connectivity index (χ1n) is 6.08. The average molecular weight is 256 g/mol. The normalized spacial score (nSPS) is 10.1. The molecule has 0 amide bonds. The van der Waals surface area contributed by atoms with Crippen LogP contribution in [0.2, 0.25) is 0 Å². The highest BCUT2D eigenvalue weighted by molar-refractivity contribution is 5.95. The number of aryl methyl sites for hydroxylation is 1. The van der Waals surface area contributed by atoms with Crippen molar-refractivity contribution in [2.24, 2.45) is 5.73 Å². The van der Waals surface area contributed by atoms with E-state index in [-0.39, 0.29) is 5.84 Å². The van der Waals surface area contributed by atoms with Crippen LogP contribution in [0.4, 0.5) is 0 Å². The molecule has 5 heteroatoms. The van der Waals surface area contributed by atoms with Crippen LogP contribution in [0.3, 0.4) is 0 Å². The quantitative estimate of drug-likeness (QED) is 0.468. The Balaban J connectivity index is 1.85. The second-order valence-corrected chi connectivity index (χ2v) is 4.07. The second kappa shape index (κ2) is 6.49. The number of nitrogen functional groups attached to an aromatic ring is 1. The lowest BCUT2D eigenvalue weighted by Gasteiger charge is -2.09. The van der Waals surface area contributed by atoms with Crippen LogP contribution >= 0.6 is 0 Å². The molecule has 0 saturated carbocycles. The Morgan fingerprint density at radius 1 is 1.21 bits per heavy atom. The monoisotopic (exact) mass is 256 g/mol. The molecule has 0 aliphatic carbocycles. The third-order valence-electron chi connectivity index (χ3n) is 2.64. The van der Waals surface area contributed by atoms with Crippen molar-refractivity contribution in [3.63, 3.8) is 0 Å². The van der Waals surface area contributed by atoms with Crippen molar-refractivity contribution in [2.45, 2.75) is 12.8 Å². The van der Waals surface area contributed by atoms with Gasteiger partial charge in [-0.2, -0.15) is 0 Å². The lowest BCUT2D eigenvalue weighted by atomic mass is 10.1. The molecule has 2 aromatic heterocycles. The van der Waals surface area contributed by atoms with Crippen molar-refractivity contribution in [1.29, 1.82) is 5.41 Å². The summed E-state index contributed by atoms with van der Waals surface area (Å²) in [6, 6.07) is 7.52. The molecule has 0 atom stereocenters. The summed E-state index contributed by atoms with van der Waals surface area (Å²) in [4.78, 5) is 8.01. The van der Waals surface area contributed by atoms with Crippen molar-refractivity contribution in [2.75, 3.05) is 6.61 Å². The largest absolute Gasteiger partial charge is 0.491 e. The number of aromatic nitrogens is 2. The van der Waals surface area contributed by atoms with Gasteiger partial charge in [0.2, 0.25) is 0 Å². The first kappa shape index (κ1) is 13.0. The number of amidine groups is 1. The summed E-state index contributed by atoms with van der Waals surface area (Å²) < 4.78 is 5.62. The van der Waals surface area contributed by atoms with E-state index in [0.717, 1.165) is 12.8 Å². The molecule has 0 fully saturated rings. The highest BCUT2D eigenvalue weighted by atomic mass is 16.5. The van der Waals surface area contributed by atoms with Crippen LogP contribution in [0, 0.1) is 5.41 Å². The predicted molar refractivity (Wildman–Crippen MR) is 73.3 cm³/mol. The molecule has 0 aliphatic rings. The Labute approximate surface area is 112 Å². The van der Waals surface area contributed by atoms with Gasteiger partial charge in [-0.25, -0.2) is 4.98 Å². The molecule has 2 heterocycles. The van der Waals surface area contributed by atoms with Gasteiger partial charge >= 0.3 is 0 Å². The molecule has 0 unspecified atom stereocenters. The van der Waals surface area contributed by atoms with E-state index in [2.05, 4.69) is 9.97 Å². The van der Waals surface area contributed by atoms with Gasteiger partial charge in [0.15, 0.2) is 0 Å². The van der Waals surface area contributed by atoms with Crippen molar-refractivity contribution in [3.05, 3.63) is 54.1 Å². The fourth-order valence-corrected chi connectivity index (χ4v) is 1.72. The fourth-order valence-electron chi connectivity index (χ4n) is 1.72. The van der Waals surface area contributed by atoms with Gasteiger partial charge in [0.05, 0.1) is 6.61 Å². The minimum Gasteiger partial charge on any atom is -0.491 e. The summed E-state index contributed by atoms with van der Waals surface area (Å²) in [6.07, 6.45) is 6.98. The minimum atomic E-state index is -0.0790. The number of nitrogens with two attached hydrogens (primary N) is 1. The predicted octanol–water partition coefficient (Wildman–Crippen LogP) is 1.77. The summed E-state index contributed by atoms with van der Waals surface area (Å²) in [5, 5.41) is 7.42. The molecule has 0 radical (unpaired) electrons. The lowest BCUT2D eigenvalue weighted by molar-refractivity contribution is 0.309. The molecule has 19 heavy (non-hydrogen) atoms. The number of hydrogen-bond acceptors (Lipinski definition) is 4. The number of nitrogens with one attached hydrogen (secondary N) is 1. The Kier molecular flexibility index (Phi) is 4.44. The number of rotatable bonds is 6. The zero-order valence-corrected chi connectivity index (χ0v) is 10.5. The first-order valence-corrected chi connectivity index (χ1v) is 6.08. The molecular weight excluding hydrogens is 240 g/mol. The van der Waals surface area contributed by atoms with Crippen LogP contribution in [0.5, 0.6) is 5.75 Å². The smallest absolute Gasteiger partial charge is 0.148 e. The third-order valence-corrected chi connectivity index (χ3v) is 2.64. The van der Waals surface area contributed by atoms with E-state index >= 15 is 0 Å². The Hall–Kier alpha value is -2.43. The van der Waals surface area contributed by atoms with E-state index in [1.807, 2.05) is 12.1 Å². The fraction of sp³-hybridized carbons (Fsp3) is 0.214. The van der Waals surface area contributed by atoms with E-state index in [1.54, 1.807) is 30.7 Å². The Morgan fingerprint density at radius 3 is 2.74 bits per heavy atom. The first-order chi connectivity index (χ1) is 9.27. The summed E-state index contributed by atoms with van der Waals surface area (Å²) in [6.45, 7) is 0.564. The van der Waals surface area contributed by atoms with Gasteiger partial charge in [0.25, 0.3) is 0 Å². The molecule has 0 aromatic carbocycles. The molecular formula is C14H16N4O. The number of ether oxygens (including phenoxy) is 1. The molecule has 5 nitrogen and oxygen atoms in total. The Morgan fingerprint density at radius 2 is 2.00 bits per heavy atom. The SMILES string of the molecule is N=C(N)c1ncccc1OCCCc1ccncc1. The molecule has 0 bridgehead atoms. The van der Waals surface area contributed by atoms with Gasteiger partial charge in [-0.1, -0.05) is 0 Å². The minimum absolute atomic E-state index is 0.0790. The Bertz CT molecular complexity index is 542. The maximum absolute atomic E-state index is 7.42. The average Bonchev–Trinajstić information content (AvgIpc) is 2.45. The number of nitrogens with zero attached hydrogens (tertiary/aromatic N) is 2. The molecule has 0 spiro atoms. The summed E-state index contributed by atoms with van der Waals surface area (Å²) >= 11 is 0. The van der Waals surface area contributed by atoms with Crippen molar-refractivity contribution < 1.29 is 4.74 Å². The molecule has 2 aromatic rings. The van der Waals surface area contributed by atoms with Gasteiger partial charge in [-0.15, -0.1) is 0 Å². The van der Waals surface area contributed by atoms with E-state index < -0.39 is 0 Å². The molecule has 0 saturated heterocycles. The van der Waals surface area contributed by atoms with Crippen LogP contribution in [0.1, 0.15) is 17.7 Å². The topological polar surface area (TPSA) is 84.9 Å². The van der Waals surface area contributed by atoms with Gasteiger partial charge in [-0.3, -0.25) is 10.4 Å². The zero-order chi connectivity index (χ0) is 13.5. The molecule has 3 N–H and O–H groups in total. The van der Waals surface area contributed by atoms with E-state index in [0.29, 0.717) is 18.1 Å². The van der Waals surface area contributed by atoms with Crippen molar-refractivity contribution in [1.82, 2.24) is 9.97 Å². The molecule has 2 rings (SSSR count). The van der Waals surface area contributed by atoms with Gasteiger partial charge < -0.3 is 10.5 Å². The van der Waals surface area contributed by atoms with E-state index in [4.69, 9.17) is 15.9 Å². The summed E-state index contributed by atoms with van der Waals surface area (Å²) in [5.74, 6) is 0.481. The van der Waals surface area contributed by atoms with Gasteiger partial charge in [0, 0.05) is 18.6 Å². The maximum atomic E-state index is 7.42. The van der Waals surface area contributed by atoms with Crippen LogP contribution in [0.15, 0.2) is 42.9 Å². The van der Waals surface area contributed by atoms with Gasteiger partial charge in [-0.05, 0) is 42.7 Å². The van der Waals surface area contributed by atoms with E-state index in [9.17, 15) is 0 Å². The zero-order valence-electron chi connectivity index (χ0n) is 10.5. The standard InChI is InChI=1S/C14H16N4O/c15-14(16)13-12(4-1-7-18-13)19-10-2-3-11-5-8-17-9-6-11/h1,4-9H,2-3,10H2,(H3,15,16). The van der Waals surface area contributed by atoms with E-state index in [1.165, 1.54) is 5.56 Å². The maximum Gasteiger partial charge on any atom is 0.148 e. The molecule has 98 valence electrons. The van der Waals surface area contributed by atoms with Crippen LogP contribution in [0.25, 0.3) is 0 Å². The highest BCUT2D eigenvalue weighted by Gasteiger charge is 2.06. The van der Waals surface area contributed by atoms with Gasteiger partial charge in [0.1, 0.15) is 17.3 Å². The summed E-state index contributed by atoms with van der Waals surface area (Å²) in [5.41, 5.74) is 7.07. The third kappa shape index (κ3) is 3.77. The van der Waals surface area contributed by atoms with Crippen LogP contribution in [-0.2, 0) is 6.42 Å².